The summed E-state index contributed by atoms with van der Waals surface area (Å²) in [5, 5.41) is 5.97. The van der Waals surface area contributed by atoms with Gasteiger partial charge in [-0.3, -0.25) is 9.59 Å². The van der Waals surface area contributed by atoms with E-state index >= 15 is 0 Å². The molecule has 6 heteroatoms. The van der Waals surface area contributed by atoms with Gasteiger partial charge in [-0.2, -0.15) is 0 Å². The summed E-state index contributed by atoms with van der Waals surface area (Å²) in [7, 11) is 1.80. The monoisotopic (exact) mass is 319 g/mol. The first-order valence-corrected chi connectivity index (χ1v) is 8.04. The number of carbonyl (C=O) groups is 2. The molecule has 2 unspecified atom stereocenters. The fourth-order valence-electron chi connectivity index (χ4n) is 3.66. The fraction of sp³-hybridized carbons (Fsp3) is 0.529. The van der Waals surface area contributed by atoms with E-state index in [9.17, 15) is 14.0 Å². The Morgan fingerprint density at radius 1 is 1.26 bits per heavy atom. The van der Waals surface area contributed by atoms with Crippen LogP contribution < -0.4 is 10.6 Å². The van der Waals surface area contributed by atoms with Gasteiger partial charge in [0, 0.05) is 37.7 Å². The number of carbonyl (C=O) groups excluding carboxylic acids is 2. The Labute approximate surface area is 135 Å². The third-order valence-corrected chi connectivity index (χ3v) is 4.84. The summed E-state index contributed by atoms with van der Waals surface area (Å²) in [5.74, 6) is -1.04. The molecule has 2 heterocycles. The average molecular weight is 319 g/mol. The third-order valence-electron chi connectivity index (χ3n) is 4.84. The standard InChI is InChI=1S/C17H22FN3O2/c1-10(22)19-16-7-11(3-6-15(16)18)17(23)21(2)14-8-12-4-5-13(9-14)20-12/h3,6-7,12-14,20H,4-5,8-9H2,1-2H3,(H,19,22). The van der Waals surface area contributed by atoms with Crippen molar-refractivity contribution >= 4 is 17.5 Å². The maximum Gasteiger partial charge on any atom is 0.253 e. The maximum absolute atomic E-state index is 13.7. The number of amides is 2. The molecular formula is C17H22FN3O2. The quantitative estimate of drug-likeness (QED) is 0.897. The Morgan fingerprint density at radius 2 is 1.91 bits per heavy atom. The van der Waals surface area contributed by atoms with Crippen LogP contribution in [0.4, 0.5) is 10.1 Å². The van der Waals surface area contributed by atoms with Crippen LogP contribution in [0.2, 0.25) is 0 Å². The number of nitrogens with one attached hydrogen (secondary N) is 2. The molecule has 2 aliphatic heterocycles. The van der Waals surface area contributed by atoms with Crippen LogP contribution in [-0.2, 0) is 4.79 Å². The second kappa shape index (κ2) is 6.28. The third kappa shape index (κ3) is 3.37. The van der Waals surface area contributed by atoms with Crippen LogP contribution in [0.1, 0.15) is 43.0 Å². The number of piperidine rings is 1. The van der Waals surface area contributed by atoms with Crippen LogP contribution in [0.5, 0.6) is 0 Å². The van der Waals surface area contributed by atoms with Crippen LogP contribution in [0.3, 0.4) is 0 Å². The van der Waals surface area contributed by atoms with Gasteiger partial charge in [-0.05, 0) is 43.9 Å². The van der Waals surface area contributed by atoms with E-state index in [1.54, 1.807) is 11.9 Å². The number of anilines is 1. The number of hydrogen-bond donors (Lipinski definition) is 2. The molecule has 2 aliphatic rings. The Hall–Kier alpha value is -1.95. The van der Waals surface area contributed by atoms with Crippen molar-refractivity contribution in [1.29, 1.82) is 0 Å². The predicted octanol–water partition coefficient (Wildman–Crippen LogP) is 2.14. The van der Waals surface area contributed by atoms with Gasteiger partial charge < -0.3 is 15.5 Å². The van der Waals surface area contributed by atoms with E-state index in [-0.39, 0.29) is 23.5 Å². The molecule has 1 aromatic rings. The van der Waals surface area contributed by atoms with E-state index in [1.165, 1.54) is 38.0 Å². The summed E-state index contributed by atoms with van der Waals surface area (Å²) in [6, 6.07) is 5.30. The van der Waals surface area contributed by atoms with Gasteiger partial charge in [0.05, 0.1) is 5.69 Å². The van der Waals surface area contributed by atoms with Crippen molar-refractivity contribution in [3.05, 3.63) is 29.6 Å². The van der Waals surface area contributed by atoms with Gasteiger partial charge in [-0.15, -0.1) is 0 Å². The van der Waals surface area contributed by atoms with Gasteiger partial charge in [0.25, 0.3) is 5.91 Å². The van der Waals surface area contributed by atoms with Crippen molar-refractivity contribution in [2.45, 2.75) is 50.7 Å². The molecule has 124 valence electrons. The van der Waals surface area contributed by atoms with Gasteiger partial charge in [0.15, 0.2) is 0 Å². The van der Waals surface area contributed by atoms with Gasteiger partial charge in [0.2, 0.25) is 5.91 Å². The van der Waals surface area contributed by atoms with Gasteiger partial charge in [0.1, 0.15) is 5.82 Å². The first-order valence-electron chi connectivity index (χ1n) is 8.04. The summed E-state index contributed by atoms with van der Waals surface area (Å²) in [6.07, 6.45) is 4.26. The zero-order valence-corrected chi connectivity index (χ0v) is 13.4. The maximum atomic E-state index is 13.7. The molecule has 2 saturated heterocycles. The number of fused-ring (bicyclic) bond motifs is 2. The number of rotatable bonds is 3. The Morgan fingerprint density at radius 3 is 2.52 bits per heavy atom. The Balaban J connectivity index is 1.75. The van der Waals surface area contributed by atoms with Crippen molar-refractivity contribution in [3.63, 3.8) is 0 Å². The molecule has 2 fully saturated rings. The number of hydrogen-bond acceptors (Lipinski definition) is 3. The molecule has 0 spiro atoms. The molecule has 1 aromatic carbocycles. The topological polar surface area (TPSA) is 61.4 Å². The Bertz CT molecular complexity index is 622. The van der Waals surface area contributed by atoms with Crippen LogP contribution >= 0.6 is 0 Å². The largest absolute Gasteiger partial charge is 0.339 e. The lowest BCUT2D eigenvalue weighted by molar-refractivity contribution is -0.114. The highest BCUT2D eigenvalue weighted by molar-refractivity contribution is 5.97. The molecule has 0 radical (unpaired) electrons. The lowest BCUT2D eigenvalue weighted by Gasteiger charge is -2.35. The van der Waals surface area contributed by atoms with Crippen LogP contribution in [0.25, 0.3) is 0 Å². The second-order valence-electron chi connectivity index (χ2n) is 6.55. The van der Waals surface area contributed by atoms with Crippen molar-refractivity contribution in [2.24, 2.45) is 0 Å². The number of benzene rings is 1. The molecule has 2 N–H and O–H groups in total. The molecule has 0 aliphatic carbocycles. The summed E-state index contributed by atoms with van der Waals surface area (Å²) in [5.41, 5.74) is 0.436. The summed E-state index contributed by atoms with van der Waals surface area (Å²) in [4.78, 5) is 25.6. The molecule has 0 saturated carbocycles. The molecule has 2 atom stereocenters. The van der Waals surface area contributed by atoms with E-state index in [4.69, 9.17) is 0 Å². The van der Waals surface area contributed by atoms with Gasteiger partial charge in [-0.25, -0.2) is 4.39 Å². The zero-order valence-electron chi connectivity index (χ0n) is 13.4. The Kier molecular flexibility index (Phi) is 4.35. The van der Waals surface area contributed by atoms with E-state index in [0.717, 1.165) is 12.8 Å². The first kappa shape index (κ1) is 15.9. The highest BCUT2D eigenvalue weighted by atomic mass is 19.1. The normalized spacial score (nSPS) is 26.0. The number of halogens is 1. The van der Waals surface area contributed by atoms with E-state index in [1.807, 2.05) is 0 Å². The molecule has 0 aromatic heterocycles. The van der Waals surface area contributed by atoms with Crippen LogP contribution in [0.15, 0.2) is 18.2 Å². The minimum atomic E-state index is -0.542. The molecule has 5 nitrogen and oxygen atoms in total. The van der Waals surface area contributed by atoms with Crippen molar-refractivity contribution < 1.29 is 14.0 Å². The van der Waals surface area contributed by atoms with Crippen molar-refractivity contribution in [3.8, 4) is 0 Å². The van der Waals surface area contributed by atoms with E-state index < -0.39 is 5.82 Å². The lowest BCUT2D eigenvalue weighted by Crippen LogP contribution is -2.48. The fourth-order valence-corrected chi connectivity index (χ4v) is 3.66. The number of nitrogens with zero attached hydrogens (tertiary/aromatic N) is 1. The molecule has 23 heavy (non-hydrogen) atoms. The van der Waals surface area contributed by atoms with E-state index in [0.29, 0.717) is 17.6 Å². The minimum absolute atomic E-state index is 0.0436. The molecule has 2 amide bonds. The van der Waals surface area contributed by atoms with Gasteiger partial charge in [-0.1, -0.05) is 0 Å². The predicted molar refractivity (Wildman–Crippen MR) is 85.8 cm³/mol. The SMILES string of the molecule is CC(=O)Nc1cc(C(=O)N(C)C2CC3CCC(C2)N3)ccc1F. The first-order chi connectivity index (χ1) is 10.9. The average Bonchev–Trinajstić information content (AvgIpc) is 2.86. The van der Waals surface area contributed by atoms with Crippen LogP contribution in [-0.4, -0.2) is 41.9 Å². The molecule has 2 bridgehead atoms. The second-order valence-corrected chi connectivity index (χ2v) is 6.55. The minimum Gasteiger partial charge on any atom is -0.339 e. The van der Waals surface area contributed by atoms with Crippen molar-refractivity contribution in [1.82, 2.24) is 10.2 Å². The highest BCUT2D eigenvalue weighted by Gasteiger charge is 2.36. The zero-order chi connectivity index (χ0) is 16.6. The van der Waals surface area contributed by atoms with Crippen LogP contribution in [0, 0.1) is 5.82 Å². The molecular weight excluding hydrogens is 297 g/mol. The summed E-state index contributed by atoms with van der Waals surface area (Å²) < 4.78 is 13.7. The van der Waals surface area contributed by atoms with Crippen molar-refractivity contribution in [2.75, 3.05) is 12.4 Å². The van der Waals surface area contributed by atoms with Gasteiger partial charge >= 0.3 is 0 Å². The smallest absolute Gasteiger partial charge is 0.253 e. The summed E-state index contributed by atoms with van der Waals surface area (Å²) >= 11 is 0. The summed E-state index contributed by atoms with van der Waals surface area (Å²) in [6.45, 7) is 1.31. The van der Waals surface area contributed by atoms with E-state index in [2.05, 4.69) is 10.6 Å². The molecule has 3 rings (SSSR count). The lowest BCUT2D eigenvalue weighted by atomic mass is 9.98. The highest BCUT2D eigenvalue weighted by Crippen LogP contribution is 2.30.